The molecule has 1 aliphatic carbocycles. The van der Waals surface area contributed by atoms with E-state index in [2.05, 4.69) is 0 Å². The van der Waals surface area contributed by atoms with E-state index < -0.39 is 11.8 Å². The first-order chi connectivity index (χ1) is 12.6. The van der Waals surface area contributed by atoms with Crippen LogP contribution in [0.25, 0.3) is 0 Å². The van der Waals surface area contributed by atoms with E-state index in [0.717, 1.165) is 37.7 Å². The van der Waals surface area contributed by atoms with Crippen molar-refractivity contribution in [3.05, 3.63) is 35.9 Å². The molecule has 26 heavy (non-hydrogen) atoms. The number of nitrogens with zero attached hydrogens (tertiary/aromatic N) is 2. The van der Waals surface area contributed by atoms with E-state index in [-0.39, 0.29) is 11.8 Å². The predicted molar refractivity (Wildman–Crippen MR) is 100 cm³/mol. The van der Waals surface area contributed by atoms with Crippen LogP contribution in [-0.2, 0) is 20.9 Å². The van der Waals surface area contributed by atoms with Crippen LogP contribution in [0.5, 0.6) is 0 Å². The molecule has 0 bridgehead atoms. The molecule has 2 fully saturated rings. The topological polar surface area (TPSA) is 49.9 Å². The summed E-state index contributed by atoms with van der Waals surface area (Å²) >= 11 is 0. The number of hydrogen-bond donors (Lipinski definition) is 0. The highest BCUT2D eigenvalue weighted by Crippen LogP contribution is 2.41. The standard InChI is InChI=1S/C21H30N2O3/c1-3-10-19(24)23-18(16-26-21(23)13-8-5-9-14-21)20(25)22(2)15-17-11-6-4-7-12-17/h4,6-7,11-12,18H,3,5,8-10,13-16H2,1-2H3. The Balaban J connectivity index is 1.78. The lowest BCUT2D eigenvalue weighted by Crippen LogP contribution is -2.56. The van der Waals surface area contributed by atoms with Crippen molar-refractivity contribution in [2.45, 2.75) is 70.2 Å². The Morgan fingerprint density at radius 3 is 2.54 bits per heavy atom. The van der Waals surface area contributed by atoms with Gasteiger partial charge in [0.1, 0.15) is 11.8 Å². The van der Waals surface area contributed by atoms with Gasteiger partial charge in [0, 0.05) is 20.0 Å². The number of likely N-dealkylation sites (N-methyl/N-ethyl adjacent to an activating group) is 1. The smallest absolute Gasteiger partial charge is 0.247 e. The predicted octanol–water partition coefficient (Wildman–Crippen LogP) is 3.33. The SMILES string of the molecule is CCCC(=O)N1C(C(=O)N(C)Cc2ccccc2)COC12CCCCC2. The summed E-state index contributed by atoms with van der Waals surface area (Å²) in [5, 5.41) is 0. The maximum Gasteiger partial charge on any atom is 0.247 e. The molecule has 1 saturated carbocycles. The van der Waals surface area contributed by atoms with Gasteiger partial charge in [-0.25, -0.2) is 0 Å². The fourth-order valence-corrected chi connectivity index (χ4v) is 4.26. The third-order valence-corrected chi connectivity index (χ3v) is 5.55. The van der Waals surface area contributed by atoms with Gasteiger partial charge in [-0.15, -0.1) is 0 Å². The van der Waals surface area contributed by atoms with Crippen molar-refractivity contribution >= 4 is 11.8 Å². The minimum Gasteiger partial charge on any atom is -0.353 e. The molecule has 1 spiro atoms. The second kappa shape index (κ2) is 8.21. The van der Waals surface area contributed by atoms with Crippen LogP contribution < -0.4 is 0 Å². The van der Waals surface area contributed by atoms with E-state index in [1.165, 1.54) is 6.42 Å². The van der Waals surface area contributed by atoms with Crippen molar-refractivity contribution in [3.63, 3.8) is 0 Å². The van der Waals surface area contributed by atoms with E-state index in [4.69, 9.17) is 4.74 Å². The molecular formula is C21H30N2O3. The second-order valence-electron chi connectivity index (χ2n) is 7.53. The molecule has 2 aliphatic rings. The Bertz CT molecular complexity index is 625. The van der Waals surface area contributed by atoms with Crippen LogP contribution in [0.2, 0.25) is 0 Å². The van der Waals surface area contributed by atoms with Gasteiger partial charge in [0.05, 0.1) is 6.61 Å². The Hall–Kier alpha value is -1.88. The number of hydrogen-bond acceptors (Lipinski definition) is 3. The molecule has 1 aliphatic heterocycles. The average molecular weight is 358 g/mol. The molecule has 0 aromatic heterocycles. The molecule has 1 unspecified atom stereocenters. The lowest BCUT2D eigenvalue weighted by Gasteiger charge is -2.42. The number of ether oxygens (including phenoxy) is 1. The second-order valence-corrected chi connectivity index (χ2v) is 7.53. The first-order valence-electron chi connectivity index (χ1n) is 9.82. The molecule has 5 heteroatoms. The summed E-state index contributed by atoms with van der Waals surface area (Å²) in [6, 6.07) is 9.44. The van der Waals surface area contributed by atoms with Gasteiger partial charge in [0.25, 0.3) is 0 Å². The van der Waals surface area contributed by atoms with E-state index in [9.17, 15) is 9.59 Å². The summed E-state index contributed by atoms with van der Waals surface area (Å²) < 4.78 is 6.15. The highest BCUT2D eigenvalue weighted by molar-refractivity contribution is 5.88. The molecule has 3 rings (SSSR count). The lowest BCUT2D eigenvalue weighted by molar-refractivity contribution is -0.161. The highest BCUT2D eigenvalue weighted by atomic mass is 16.5. The van der Waals surface area contributed by atoms with E-state index >= 15 is 0 Å². The van der Waals surface area contributed by atoms with Crippen molar-refractivity contribution < 1.29 is 14.3 Å². The Morgan fingerprint density at radius 2 is 1.88 bits per heavy atom. The summed E-state index contributed by atoms with van der Waals surface area (Å²) in [4.78, 5) is 29.6. The zero-order valence-electron chi connectivity index (χ0n) is 15.9. The van der Waals surface area contributed by atoms with Crippen LogP contribution in [0.1, 0.15) is 57.4 Å². The minimum atomic E-state index is -0.557. The molecule has 0 N–H and O–H groups in total. The third kappa shape index (κ3) is 3.78. The van der Waals surface area contributed by atoms with Crippen LogP contribution in [0.15, 0.2) is 30.3 Å². The first-order valence-corrected chi connectivity index (χ1v) is 9.82. The number of rotatable bonds is 5. The molecule has 1 atom stereocenters. The van der Waals surface area contributed by atoms with Gasteiger partial charge in [0.15, 0.2) is 0 Å². The Labute approximate surface area is 156 Å². The quantitative estimate of drug-likeness (QED) is 0.811. The summed E-state index contributed by atoms with van der Waals surface area (Å²) in [5.41, 5.74) is 0.527. The van der Waals surface area contributed by atoms with E-state index in [0.29, 0.717) is 19.6 Å². The maximum absolute atomic E-state index is 13.1. The zero-order chi connectivity index (χ0) is 18.6. The molecule has 2 amide bonds. The average Bonchev–Trinajstić information content (AvgIpc) is 3.01. The largest absolute Gasteiger partial charge is 0.353 e. The maximum atomic E-state index is 13.1. The van der Waals surface area contributed by atoms with Crippen molar-refractivity contribution in [1.29, 1.82) is 0 Å². The lowest BCUT2D eigenvalue weighted by atomic mass is 9.90. The van der Waals surface area contributed by atoms with Crippen molar-refractivity contribution in [2.24, 2.45) is 0 Å². The first kappa shape index (κ1) is 18.9. The molecule has 1 aromatic rings. The van der Waals surface area contributed by atoms with Crippen LogP contribution in [-0.4, -0.2) is 47.0 Å². The van der Waals surface area contributed by atoms with Crippen LogP contribution in [0, 0.1) is 0 Å². The summed E-state index contributed by atoms with van der Waals surface area (Å²) in [6.07, 6.45) is 6.22. The van der Waals surface area contributed by atoms with E-state index in [1.54, 1.807) is 9.80 Å². The minimum absolute atomic E-state index is 0.0271. The van der Waals surface area contributed by atoms with Crippen molar-refractivity contribution in [1.82, 2.24) is 9.80 Å². The Morgan fingerprint density at radius 1 is 1.19 bits per heavy atom. The molecule has 0 radical (unpaired) electrons. The molecule has 1 aromatic carbocycles. The fraction of sp³-hybridized carbons (Fsp3) is 0.619. The number of benzene rings is 1. The zero-order valence-corrected chi connectivity index (χ0v) is 15.9. The van der Waals surface area contributed by atoms with E-state index in [1.807, 2.05) is 44.3 Å². The van der Waals surface area contributed by atoms with Gasteiger partial charge in [-0.05, 0) is 37.7 Å². The van der Waals surface area contributed by atoms with Crippen LogP contribution in [0.4, 0.5) is 0 Å². The van der Waals surface area contributed by atoms with Gasteiger partial charge < -0.3 is 9.64 Å². The fourth-order valence-electron chi connectivity index (χ4n) is 4.26. The van der Waals surface area contributed by atoms with Gasteiger partial charge in [0.2, 0.25) is 11.8 Å². The van der Waals surface area contributed by atoms with Crippen molar-refractivity contribution in [2.75, 3.05) is 13.7 Å². The molecular weight excluding hydrogens is 328 g/mol. The van der Waals surface area contributed by atoms with Gasteiger partial charge in [-0.2, -0.15) is 0 Å². The summed E-state index contributed by atoms with van der Waals surface area (Å²) in [7, 11) is 1.81. The molecule has 142 valence electrons. The molecule has 1 saturated heterocycles. The van der Waals surface area contributed by atoms with Crippen molar-refractivity contribution in [3.8, 4) is 0 Å². The van der Waals surface area contributed by atoms with Gasteiger partial charge in [-0.1, -0.05) is 43.7 Å². The van der Waals surface area contributed by atoms with Crippen LogP contribution >= 0.6 is 0 Å². The summed E-state index contributed by atoms with van der Waals surface area (Å²) in [5.74, 6) is 0.0270. The van der Waals surface area contributed by atoms with Gasteiger partial charge >= 0.3 is 0 Å². The normalized spacial score (nSPS) is 21.8. The third-order valence-electron chi connectivity index (χ3n) is 5.55. The number of carbonyl (C=O) groups excluding carboxylic acids is 2. The highest BCUT2D eigenvalue weighted by Gasteiger charge is 2.52. The summed E-state index contributed by atoms with van der Waals surface area (Å²) in [6.45, 7) is 2.85. The molecule has 1 heterocycles. The van der Waals surface area contributed by atoms with Gasteiger partial charge in [-0.3, -0.25) is 14.5 Å². The number of carbonyl (C=O) groups is 2. The number of amides is 2. The Kier molecular flexibility index (Phi) is 5.97. The van der Waals surface area contributed by atoms with Crippen LogP contribution in [0.3, 0.4) is 0 Å². The monoisotopic (exact) mass is 358 g/mol. The molecule has 5 nitrogen and oxygen atoms in total.